The molecule has 162 valence electrons. The predicted octanol–water partition coefficient (Wildman–Crippen LogP) is 6.34. The van der Waals surface area contributed by atoms with Gasteiger partial charge >= 0.3 is 0 Å². The molecule has 0 fully saturated rings. The van der Waals surface area contributed by atoms with Gasteiger partial charge in [-0.25, -0.2) is 0 Å². The number of rotatable bonds is 7. The van der Waals surface area contributed by atoms with Crippen LogP contribution in [0.15, 0.2) is 41.3 Å². The second-order valence-corrected chi connectivity index (χ2v) is 9.54. The van der Waals surface area contributed by atoms with Crippen LogP contribution in [-0.4, -0.2) is 22.5 Å². The van der Waals surface area contributed by atoms with Crippen molar-refractivity contribution in [3.8, 4) is 0 Å². The molecule has 3 aromatic rings. The van der Waals surface area contributed by atoms with Crippen molar-refractivity contribution in [2.75, 3.05) is 12.4 Å². The average Bonchev–Trinajstić information content (AvgIpc) is 3.00. The average molecular weight is 475 g/mol. The van der Waals surface area contributed by atoms with Crippen LogP contribution in [0.4, 0.5) is 5.69 Å². The highest BCUT2D eigenvalue weighted by Crippen LogP contribution is 2.31. The van der Waals surface area contributed by atoms with Crippen LogP contribution in [0.5, 0.6) is 0 Å². The van der Waals surface area contributed by atoms with Gasteiger partial charge in [0.05, 0.1) is 16.6 Å². The molecular formula is C24H24Cl2N2O2S. The highest BCUT2D eigenvalue weighted by molar-refractivity contribution is 7.84. The van der Waals surface area contributed by atoms with Crippen LogP contribution in [0.25, 0.3) is 11.6 Å². The van der Waals surface area contributed by atoms with E-state index >= 15 is 0 Å². The molecule has 31 heavy (non-hydrogen) atoms. The molecule has 1 atom stereocenters. The van der Waals surface area contributed by atoms with Crippen LogP contribution in [0.3, 0.4) is 0 Å². The van der Waals surface area contributed by atoms with E-state index in [4.69, 9.17) is 23.2 Å². The molecule has 1 unspecified atom stereocenters. The molecule has 0 aliphatic heterocycles. The Morgan fingerprint density at radius 3 is 2.32 bits per heavy atom. The largest absolute Gasteiger partial charge is 0.388 e. The number of nitrogens with one attached hydrogen (secondary N) is 2. The fraction of sp³-hybridized carbons (Fsp3) is 0.208. The second-order valence-electron chi connectivity index (χ2n) is 7.28. The Labute approximate surface area is 195 Å². The number of hydrogen-bond acceptors (Lipinski definition) is 3. The topological polar surface area (TPSA) is 62.0 Å². The lowest BCUT2D eigenvalue weighted by molar-refractivity contribution is -0.103. The monoisotopic (exact) mass is 474 g/mol. The zero-order chi connectivity index (χ0) is 22.7. The summed E-state index contributed by atoms with van der Waals surface area (Å²) in [5.74, 6) is 0.186. The number of aromatic nitrogens is 1. The summed E-state index contributed by atoms with van der Waals surface area (Å²) >= 11 is 12.5. The molecule has 0 radical (unpaired) electrons. The number of anilines is 1. The van der Waals surface area contributed by atoms with Gasteiger partial charge in [-0.2, -0.15) is 0 Å². The maximum absolute atomic E-state index is 13.1. The third kappa shape index (κ3) is 4.95. The molecule has 0 saturated carbocycles. The van der Waals surface area contributed by atoms with Gasteiger partial charge in [0.1, 0.15) is 0 Å². The number of hydrogen-bond donors (Lipinski definition) is 2. The van der Waals surface area contributed by atoms with Crippen molar-refractivity contribution in [1.29, 1.82) is 0 Å². The summed E-state index contributed by atoms with van der Waals surface area (Å²) in [4.78, 5) is 15.9. The Hall–Kier alpha value is -2.34. The van der Waals surface area contributed by atoms with Crippen LogP contribution in [0, 0.1) is 20.8 Å². The third-order valence-corrected chi connectivity index (χ3v) is 7.49. The van der Waals surface area contributed by atoms with Crippen LogP contribution in [-0.2, 0) is 21.3 Å². The summed E-state index contributed by atoms with van der Waals surface area (Å²) in [6.45, 7) is 6.07. The molecule has 3 rings (SSSR count). The van der Waals surface area contributed by atoms with Gasteiger partial charge in [0, 0.05) is 55.8 Å². The Morgan fingerprint density at radius 1 is 1.10 bits per heavy atom. The second kappa shape index (κ2) is 9.86. The molecule has 0 bridgehead atoms. The number of aryl methyl sites for hydroxylation is 1. The number of aromatic amines is 1. The van der Waals surface area contributed by atoms with Gasteiger partial charge in [-0.15, -0.1) is 0 Å². The standard InChI is InChI=1S/C24H24Cl2N2O2S/c1-14-15(2)24(28-16(14)3)10-17(12-29)19-11-18(8-9-23(19)27-4)31(30)13-20-21(25)6-5-7-22(20)26/h5-12,27-28H,13H2,1-4H3/b17-10+. The molecular weight excluding hydrogens is 451 g/mol. The van der Waals surface area contributed by atoms with Crippen molar-refractivity contribution >= 4 is 57.6 Å². The Bertz CT molecular complexity index is 1180. The highest BCUT2D eigenvalue weighted by atomic mass is 35.5. The van der Waals surface area contributed by atoms with E-state index in [2.05, 4.69) is 10.3 Å². The third-order valence-electron chi connectivity index (χ3n) is 5.45. The van der Waals surface area contributed by atoms with E-state index in [0.717, 1.165) is 34.5 Å². The minimum Gasteiger partial charge on any atom is -0.388 e. The number of H-pyrrole nitrogens is 1. The number of halogens is 2. The molecule has 7 heteroatoms. The summed E-state index contributed by atoms with van der Waals surface area (Å²) in [6, 6.07) is 10.6. The van der Waals surface area contributed by atoms with Gasteiger partial charge in [-0.05, 0) is 68.3 Å². The van der Waals surface area contributed by atoms with E-state index in [-0.39, 0.29) is 5.75 Å². The number of benzene rings is 2. The first-order valence-electron chi connectivity index (χ1n) is 9.72. The van der Waals surface area contributed by atoms with Crippen molar-refractivity contribution in [2.24, 2.45) is 0 Å². The zero-order valence-electron chi connectivity index (χ0n) is 17.8. The predicted molar refractivity (Wildman–Crippen MR) is 132 cm³/mol. The van der Waals surface area contributed by atoms with Gasteiger partial charge < -0.3 is 10.3 Å². The number of allylic oxidation sites excluding steroid dienone is 1. The summed E-state index contributed by atoms with van der Waals surface area (Å²) in [5, 5.41) is 4.07. The van der Waals surface area contributed by atoms with Crippen LogP contribution >= 0.6 is 23.2 Å². The first kappa shape index (κ1) is 23.3. The molecule has 1 aromatic heterocycles. The normalized spacial score (nSPS) is 12.6. The van der Waals surface area contributed by atoms with Gasteiger partial charge in [-0.3, -0.25) is 9.00 Å². The molecule has 2 aromatic carbocycles. The van der Waals surface area contributed by atoms with E-state index in [0.29, 0.717) is 31.6 Å². The van der Waals surface area contributed by atoms with Crippen molar-refractivity contribution in [3.05, 3.63) is 80.1 Å². The van der Waals surface area contributed by atoms with Crippen molar-refractivity contribution < 1.29 is 9.00 Å². The Morgan fingerprint density at radius 2 is 1.77 bits per heavy atom. The Kier molecular flexibility index (Phi) is 7.42. The maximum atomic E-state index is 13.1. The van der Waals surface area contributed by atoms with Gasteiger partial charge in [0.15, 0.2) is 6.29 Å². The van der Waals surface area contributed by atoms with Crippen molar-refractivity contribution in [3.63, 3.8) is 0 Å². The first-order valence-corrected chi connectivity index (χ1v) is 11.8. The van der Waals surface area contributed by atoms with Crippen molar-refractivity contribution in [1.82, 2.24) is 4.98 Å². The maximum Gasteiger partial charge on any atom is 0.150 e. The van der Waals surface area contributed by atoms with Crippen LogP contribution in [0.1, 0.15) is 33.6 Å². The molecule has 1 heterocycles. The molecule has 0 amide bonds. The van der Waals surface area contributed by atoms with Gasteiger partial charge in [0.2, 0.25) is 0 Å². The summed E-state index contributed by atoms with van der Waals surface area (Å²) in [6.07, 6.45) is 2.65. The van der Waals surface area contributed by atoms with E-state index < -0.39 is 10.8 Å². The molecule has 2 N–H and O–H groups in total. The SMILES string of the molecule is CNc1ccc(S(=O)Cc2c(Cl)cccc2Cl)cc1/C(C=O)=C/c1[nH]c(C)c(C)c1C. The summed E-state index contributed by atoms with van der Waals surface area (Å²) in [5.41, 5.74) is 6.78. The number of aldehydes is 1. The summed E-state index contributed by atoms with van der Waals surface area (Å²) < 4.78 is 13.1. The van der Waals surface area contributed by atoms with Crippen LogP contribution in [0.2, 0.25) is 10.0 Å². The molecule has 0 saturated heterocycles. The van der Waals surface area contributed by atoms with E-state index in [1.807, 2.05) is 32.9 Å². The zero-order valence-corrected chi connectivity index (χ0v) is 20.1. The fourth-order valence-corrected chi connectivity index (χ4v) is 5.25. The molecule has 4 nitrogen and oxygen atoms in total. The smallest absolute Gasteiger partial charge is 0.150 e. The summed E-state index contributed by atoms with van der Waals surface area (Å²) in [7, 11) is 0.395. The minimum absolute atomic E-state index is 0.186. The van der Waals surface area contributed by atoms with Gasteiger partial charge in [0.25, 0.3) is 0 Å². The lowest BCUT2D eigenvalue weighted by atomic mass is 10.0. The highest BCUT2D eigenvalue weighted by Gasteiger charge is 2.16. The molecule has 0 aliphatic carbocycles. The quantitative estimate of drug-likeness (QED) is 0.310. The van der Waals surface area contributed by atoms with E-state index in [1.165, 1.54) is 0 Å². The number of carbonyl (C=O) groups excluding carboxylic acids is 1. The Balaban J connectivity index is 2.03. The fourth-order valence-electron chi connectivity index (χ4n) is 3.35. The molecule has 0 aliphatic rings. The van der Waals surface area contributed by atoms with Crippen molar-refractivity contribution in [2.45, 2.75) is 31.4 Å². The first-order chi connectivity index (χ1) is 14.8. The van der Waals surface area contributed by atoms with E-state index in [1.54, 1.807) is 37.4 Å². The van der Waals surface area contributed by atoms with Crippen LogP contribution < -0.4 is 5.32 Å². The van der Waals surface area contributed by atoms with Gasteiger partial charge in [-0.1, -0.05) is 29.3 Å². The number of carbonyl (C=O) groups is 1. The molecule has 0 spiro atoms. The minimum atomic E-state index is -1.39. The van der Waals surface area contributed by atoms with E-state index in [9.17, 15) is 9.00 Å². The lowest BCUT2D eigenvalue weighted by Crippen LogP contribution is -2.02. The lowest BCUT2D eigenvalue weighted by Gasteiger charge is -2.12.